The van der Waals surface area contributed by atoms with Gasteiger partial charge in [-0.15, -0.1) is 0 Å². The Bertz CT molecular complexity index is 1540. The average molecular weight is 540 g/mol. The molecule has 3 aliphatic heterocycles. The largest absolute Gasteiger partial charge is 0.489 e. The minimum absolute atomic E-state index is 0.0157. The summed E-state index contributed by atoms with van der Waals surface area (Å²) in [5.41, 5.74) is 4.71. The van der Waals surface area contributed by atoms with Crippen molar-refractivity contribution in [2.75, 3.05) is 25.5 Å². The normalized spacial score (nSPS) is 20.8. The molecule has 204 valence electrons. The molecule has 0 spiro atoms. The van der Waals surface area contributed by atoms with Gasteiger partial charge in [-0.25, -0.2) is 4.68 Å². The van der Waals surface area contributed by atoms with Crippen LogP contribution >= 0.6 is 0 Å². The second-order valence-corrected chi connectivity index (χ2v) is 10.4. The highest BCUT2D eigenvalue weighted by Gasteiger charge is 2.39. The number of nitrogens with one attached hydrogen (secondary N) is 2. The van der Waals surface area contributed by atoms with Crippen LogP contribution in [0.4, 0.5) is 5.69 Å². The van der Waals surface area contributed by atoms with Crippen molar-refractivity contribution in [3.63, 3.8) is 0 Å². The molecule has 2 aromatic carbocycles. The van der Waals surface area contributed by atoms with E-state index in [-0.39, 0.29) is 24.3 Å². The topological polar surface area (TPSA) is 133 Å². The minimum Gasteiger partial charge on any atom is -0.489 e. The molecule has 11 nitrogen and oxygen atoms in total. The standard InChI is InChI=1S/C29H29N7O4/c1-31-21-8-18(12-30)9-22(11-21)36-15-19(13-32-36)14-34-7-6-24(17-34)40-23-2-3-25-20(10-23)16-35(29(25)39)26-4-5-27(37)33-28(26)38/h2-3,8-11,13,15,24,26,31H,4-7,14,16-17H2,1H3,(H,33,37,38)/t24-,26?/m0/s1. The number of rotatable bonds is 7. The smallest absolute Gasteiger partial charge is 0.255 e. The van der Waals surface area contributed by atoms with Crippen LogP contribution in [0.5, 0.6) is 5.75 Å². The van der Waals surface area contributed by atoms with E-state index < -0.39 is 11.9 Å². The van der Waals surface area contributed by atoms with Gasteiger partial charge in [-0.05, 0) is 54.8 Å². The number of likely N-dealkylation sites (tertiary alicyclic amines) is 1. The molecule has 2 fully saturated rings. The fraction of sp³-hybridized carbons (Fsp3) is 0.345. The lowest BCUT2D eigenvalue weighted by Crippen LogP contribution is -2.52. The number of hydrogen-bond donors (Lipinski definition) is 2. The summed E-state index contributed by atoms with van der Waals surface area (Å²) >= 11 is 0. The average Bonchev–Trinajstić information content (AvgIpc) is 3.68. The van der Waals surface area contributed by atoms with Crippen molar-refractivity contribution in [3.05, 3.63) is 71.0 Å². The van der Waals surface area contributed by atoms with E-state index in [2.05, 4.69) is 26.7 Å². The van der Waals surface area contributed by atoms with Crippen molar-refractivity contribution >= 4 is 23.4 Å². The monoisotopic (exact) mass is 539 g/mol. The molecular formula is C29H29N7O4. The molecule has 4 heterocycles. The highest BCUT2D eigenvalue weighted by Crippen LogP contribution is 2.31. The van der Waals surface area contributed by atoms with Gasteiger partial charge in [0.05, 0.1) is 23.5 Å². The number of nitriles is 1. The number of fused-ring (bicyclic) bond motifs is 1. The zero-order valence-electron chi connectivity index (χ0n) is 22.1. The lowest BCUT2D eigenvalue weighted by atomic mass is 10.0. The van der Waals surface area contributed by atoms with Crippen molar-refractivity contribution in [3.8, 4) is 17.5 Å². The number of hydrogen-bond acceptors (Lipinski definition) is 8. The third kappa shape index (κ3) is 5.01. The predicted octanol–water partition coefficient (Wildman–Crippen LogP) is 2.20. The molecule has 11 heteroatoms. The number of amides is 3. The van der Waals surface area contributed by atoms with E-state index in [4.69, 9.17) is 4.74 Å². The minimum atomic E-state index is -0.629. The summed E-state index contributed by atoms with van der Waals surface area (Å²) < 4.78 is 8.07. The van der Waals surface area contributed by atoms with Gasteiger partial charge in [0.15, 0.2) is 0 Å². The van der Waals surface area contributed by atoms with Gasteiger partial charge in [0, 0.05) is 62.7 Å². The number of benzene rings is 2. The molecule has 1 aromatic heterocycles. The number of carbonyl (C=O) groups is 3. The summed E-state index contributed by atoms with van der Waals surface area (Å²) in [4.78, 5) is 40.6. The zero-order valence-corrected chi connectivity index (χ0v) is 22.1. The Morgan fingerprint density at radius 1 is 1.18 bits per heavy atom. The van der Waals surface area contributed by atoms with Crippen LogP contribution in [0.2, 0.25) is 0 Å². The van der Waals surface area contributed by atoms with Crippen molar-refractivity contribution in [2.24, 2.45) is 0 Å². The fourth-order valence-corrected chi connectivity index (χ4v) is 5.65. The van der Waals surface area contributed by atoms with E-state index in [1.807, 2.05) is 43.7 Å². The second-order valence-electron chi connectivity index (χ2n) is 10.4. The van der Waals surface area contributed by atoms with Gasteiger partial charge in [0.2, 0.25) is 11.8 Å². The van der Waals surface area contributed by atoms with Crippen molar-refractivity contribution < 1.29 is 19.1 Å². The first kappa shape index (κ1) is 25.6. The quantitative estimate of drug-likeness (QED) is 0.437. The molecule has 1 unspecified atom stereocenters. The Kier molecular flexibility index (Phi) is 6.69. The van der Waals surface area contributed by atoms with E-state index in [1.165, 1.54) is 0 Å². The van der Waals surface area contributed by atoms with Gasteiger partial charge in [0.25, 0.3) is 5.91 Å². The predicted molar refractivity (Wildman–Crippen MR) is 145 cm³/mol. The molecule has 0 radical (unpaired) electrons. The molecule has 3 amide bonds. The van der Waals surface area contributed by atoms with E-state index in [0.717, 1.165) is 48.6 Å². The van der Waals surface area contributed by atoms with Gasteiger partial charge in [-0.3, -0.25) is 24.6 Å². The molecular weight excluding hydrogens is 510 g/mol. The van der Waals surface area contributed by atoms with Crippen LogP contribution in [0, 0.1) is 11.3 Å². The number of ether oxygens (including phenoxy) is 1. The van der Waals surface area contributed by atoms with Crippen molar-refractivity contribution in [1.29, 1.82) is 5.26 Å². The molecule has 2 N–H and O–H groups in total. The Hall–Kier alpha value is -4.69. The number of aromatic nitrogens is 2. The molecule has 3 aromatic rings. The van der Waals surface area contributed by atoms with Crippen LogP contribution in [-0.4, -0.2) is 69.6 Å². The van der Waals surface area contributed by atoms with Crippen LogP contribution in [0.3, 0.4) is 0 Å². The van der Waals surface area contributed by atoms with Crippen molar-refractivity contribution in [1.82, 2.24) is 24.9 Å². The summed E-state index contributed by atoms with van der Waals surface area (Å²) in [7, 11) is 1.82. The number of imide groups is 1. The number of carbonyl (C=O) groups excluding carboxylic acids is 3. The maximum absolute atomic E-state index is 12.9. The van der Waals surface area contributed by atoms with Gasteiger partial charge in [0.1, 0.15) is 17.9 Å². The van der Waals surface area contributed by atoms with Gasteiger partial charge >= 0.3 is 0 Å². The Balaban J connectivity index is 1.06. The van der Waals surface area contributed by atoms with Gasteiger partial charge in [-0.2, -0.15) is 10.4 Å². The fourth-order valence-electron chi connectivity index (χ4n) is 5.65. The highest BCUT2D eigenvalue weighted by atomic mass is 16.5. The molecule has 0 bridgehead atoms. The maximum Gasteiger partial charge on any atom is 0.255 e. The van der Waals surface area contributed by atoms with Crippen LogP contribution in [0.15, 0.2) is 48.8 Å². The lowest BCUT2D eigenvalue weighted by molar-refractivity contribution is -0.136. The highest BCUT2D eigenvalue weighted by molar-refractivity contribution is 6.05. The molecule has 6 rings (SSSR count). The molecule has 3 aliphatic rings. The lowest BCUT2D eigenvalue weighted by Gasteiger charge is -2.29. The van der Waals surface area contributed by atoms with E-state index in [9.17, 15) is 19.6 Å². The molecule has 40 heavy (non-hydrogen) atoms. The van der Waals surface area contributed by atoms with Crippen LogP contribution in [0.1, 0.15) is 46.3 Å². The summed E-state index contributed by atoms with van der Waals surface area (Å²) in [6.07, 6.45) is 5.29. The van der Waals surface area contributed by atoms with Gasteiger partial charge in [-0.1, -0.05) is 0 Å². The number of anilines is 1. The third-order valence-corrected chi connectivity index (χ3v) is 7.67. The van der Waals surface area contributed by atoms with E-state index >= 15 is 0 Å². The summed E-state index contributed by atoms with van der Waals surface area (Å²) in [5.74, 6) is -0.197. The zero-order chi connectivity index (χ0) is 27.8. The van der Waals surface area contributed by atoms with Gasteiger partial charge < -0.3 is 15.0 Å². The summed E-state index contributed by atoms with van der Waals surface area (Å²) in [6.45, 7) is 2.70. The Morgan fingerprint density at radius 3 is 2.85 bits per heavy atom. The summed E-state index contributed by atoms with van der Waals surface area (Å²) in [6, 6.07) is 12.6. The number of piperidine rings is 1. The van der Waals surface area contributed by atoms with E-state index in [1.54, 1.807) is 21.7 Å². The van der Waals surface area contributed by atoms with Crippen molar-refractivity contribution in [2.45, 2.75) is 44.5 Å². The summed E-state index contributed by atoms with van der Waals surface area (Å²) in [5, 5.41) is 19.2. The molecule has 0 saturated carbocycles. The van der Waals surface area contributed by atoms with Crippen LogP contribution < -0.4 is 15.4 Å². The Morgan fingerprint density at radius 2 is 2.05 bits per heavy atom. The maximum atomic E-state index is 12.9. The Labute approximate surface area is 231 Å². The molecule has 2 atom stereocenters. The first-order valence-electron chi connectivity index (χ1n) is 13.3. The first-order chi connectivity index (χ1) is 19.4. The molecule has 0 aliphatic carbocycles. The van der Waals surface area contributed by atoms with Crippen LogP contribution in [0.25, 0.3) is 5.69 Å². The molecule has 2 saturated heterocycles. The number of nitrogens with zero attached hydrogens (tertiary/aromatic N) is 5. The SMILES string of the molecule is CNc1cc(C#N)cc(-n2cc(CN3CC[C@H](Oc4ccc5c(c4)CN(C4CCC(=O)NC4=O)C5=O)C3)cn2)c1. The van der Waals surface area contributed by atoms with E-state index in [0.29, 0.717) is 29.8 Å². The first-order valence-corrected chi connectivity index (χ1v) is 13.3. The van der Waals surface area contributed by atoms with Crippen LogP contribution in [-0.2, 0) is 22.7 Å². The second kappa shape index (κ2) is 10.5. The third-order valence-electron chi connectivity index (χ3n) is 7.67.